The van der Waals surface area contributed by atoms with Crippen molar-refractivity contribution in [3.8, 4) is 11.5 Å². The van der Waals surface area contributed by atoms with Gasteiger partial charge in [0.1, 0.15) is 4.90 Å². The topological polar surface area (TPSA) is 150 Å². The molecule has 3 aromatic rings. The lowest BCUT2D eigenvalue weighted by Gasteiger charge is -2.11. The lowest BCUT2D eigenvalue weighted by Crippen LogP contribution is -2.17. The number of hydrazone groups is 1. The number of rotatable bonds is 8. The number of nitro groups is 1. The molecule has 2 aromatic carbocycles. The van der Waals surface area contributed by atoms with E-state index in [2.05, 4.69) is 15.5 Å². The Hall–Kier alpha value is -4.32. The summed E-state index contributed by atoms with van der Waals surface area (Å²) >= 11 is 0. The van der Waals surface area contributed by atoms with E-state index in [9.17, 15) is 23.3 Å². The number of carbonyl (C=O) groups excluding carboxylic acids is 1. The molecule has 0 aliphatic carbocycles. The van der Waals surface area contributed by atoms with E-state index in [4.69, 9.17) is 8.92 Å². The van der Waals surface area contributed by atoms with Gasteiger partial charge in [0.2, 0.25) is 0 Å². The maximum absolute atomic E-state index is 12.6. The van der Waals surface area contributed by atoms with Gasteiger partial charge in [-0.2, -0.15) is 13.5 Å². The van der Waals surface area contributed by atoms with Crippen molar-refractivity contribution < 1.29 is 27.1 Å². The highest BCUT2D eigenvalue weighted by Crippen LogP contribution is 2.31. The summed E-state index contributed by atoms with van der Waals surface area (Å²) < 4.78 is 35.6. The Balaban J connectivity index is 1.78. The first-order valence-corrected chi connectivity index (χ1v) is 10.7. The zero-order valence-electron chi connectivity index (χ0n) is 17.5. The highest BCUT2D eigenvalue weighted by molar-refractivity contribution is 7.87. The Bertz CT molecular complexity index is 1330. The Morgan fingerprint density at radius 1 is 1.18 bits per heavy atom. The normalized spacial score (nSPS) is 11.2. The number of nitrogens with one attached hydrogen (secondary N) is 1. The number of aryl methyl sites for hydroxylation is 1. The van der Waals surface area contributed by atoms with Gasteiger partial charge in [0.05, 0.1) is 23.8 Å². The monoisotopic (exact) mass is 470 g/mol. The van der Waals surface area contributed by atoms with Crippen molar-refractivity contribution in [3.05, 3.63) is 87.7 Å². The molecule has 170 valence electrons. The predicted octanol–water partition coefficient (Wildman–Crippen LogP) is 2.84. The maximum Gasteiger partial charge on any atom is 0.339 e. The molecule has 0 radical (unpaired) electrons. The molecule has 0 unspecified atom stereocenters. The molecule has 0 aliphatic heterocycles. The van der Waals surface area contributed by atoms with E-state index in [1.54, 1.807) is 12.1 Å². The molecule has 0 aliphatic rings. The van der Waals surface area contributed by atoms with Gasteiger partial charge in [-0.1, -0.05) is 6.07 Å². The number of nitro benzene ring substituents is 1. The highest BCUT2D eigenvalue weighted by atomic mass is 32.2. The highest BCUT2D eigenvalue weighted by Gasteiger charge is 2.23. The minimum Gasteiger partial charge on any atom is -0.493 e. The molecule has 1 amide bonds. The van der Waals surface area contributed by atoms with Gasteiger partial charge in [-0.05, 0) is 48.9 Å². The van der Waals surface area contributed by atoms with Crippen molar-refractivity contribution >= 4 is 27.9 Å². The van der Waals surface area contributed by atoms with Gasteiger partial charge in [0.15, 0.2) is 11.5 Å². The van der Waals surface area contributed by atoms with Gasteiger partial charge in [-0.15, -0.1) is 0 Å². The number of carbonyl (C=O) groups is 1. The zero-order valence-corrected chi connectivity index (χ0v) is 18.3. The van der Waals surface area contributed by atoms with E-state index >= 15 is 0 Å². The molecule has 33 heavy (non-hydrogen) atoms. The molecule has 12 heteroatoms. The zero-order chi connectivity index (χ0) is 24.0. The Kier molecular flexibility index (Phi) is 6.98. The summed E-state index contributed by atoms with van der Waals surface area (Å²) in [5.41, 5.74) is 3.13. The SMILES string of the molecule is COc1cc(/C=N/NC(=O)c2cccnc2)ccc1OS(=O)(=O)c1ccc(C)c([N+](=O)[O-])c1. The molecule has 0 saturated heterocycles. The van der Waals surface area contributed by atoms with E-state index in [1.165, 1.54) is 63.0 Å². The largest absolute Gasteiger partial charge is 0.493 e. The standard InChI is InChI=1S/C21H18N4O7S/c1-14-5-7-17(11-18(14)25(27)28)33(29,30)32-19-8-6-15(10-20(19)31-2)12-23-24-21(26)16-4-3-9-22-13-16/h3-13H,1-2H3,(H,24,26)/b23-12+. The number of pyridine rings is 1. The summed E-state index contributed by atoms with van der Waals surface area (Å²) in [7, 11) is -3.06. The van der Waals surface area contributed by atoms with Crippen LogP contribution in [0.15, 0.2) is 70.9 Å². The van der Waals surface area contributed by atoms with Gasteiger partial charge in [-0.25, -0.2) is 5.43 Å². The van der Waals surface area contributed by atoms with Crippen LogP contribution in [-0.2, 0) is 10.1 Å². The number of amides is 1. The van der Waals surface area contributed by atoms with E-state index in [1.807, 2.05) is 0 Å². The number of aromatic nitrogens is 1. The van der Waals surface area contributed by atoms with Crippen LogP contribution in [0.2, 0.25) is 0 Å². The fraction of sp³-hybridized carbons (Fsp3) is 0.0952. The van der Waals surface area contributed by atoms with Crippen molar-refractivity contribution in [2.24, 2.45) is 5.10 Å². The molecule has 0 fully saturated rings. The molecule has 0 atom stereocenters. The summed E-state index contributed by atoms with van der Waals surface area (Å²) in [5, 5.41) is 15.0. The first kappa shape index (κ1) is 23.3. The van der Waals surface area contributed by atoms with E-state index < -0.39 is 20.9 Å². The van der Waals surface area contributed by atoms with Crippen LogP contribution in [0.5, 0.6) is 11.5 Å². The molecular weight excluding hydrogens is 452 g/mol. The first-order chi connectivity index (χ1) is 15.7. The van der Waals surface area contributed by atoms with Crippen LogP contribution in [0.25, 0.3) is 0 Å². The smallest absolute Gasteiger partial charge is 0.339 e. The van der Waals surface area contributed by atoms with Crippen LogP contribution < -0.4 is 14.3 Å². The first-order valence-electron chi connectivity index (χ1n) is 9.32. The maximum atomic E-state index is 12.6. The van der Waals surface area contributed by atoms with Crippen molar-refractivity contribution in [3.63, 3.8) is 0 Å². The summed E-state index contributed by atoms with van der Waals surface area (Å²) in [6.45, 7) is 1.50. The van der Waals surface area contributed by atoms with Crippen molar-refractivity contribution in [2.75, 3.05) is 7.11 Å². The lowest BCUT2D eigenvalue weighted by molar-refractivity contribution is -0.385. The van der Waals surface area contributed by atoms with Gasteiger partial charge in [0.25, 0.3) is 11.6 Å². The molecule has 3 rings (SSSR count). The third-order valence-electron chi connectivity index (χ3n) is 4.36. The number of hydrogen-bond donors (Lipinski definition) is 1. The molecule has 1 N–H and O–H groups in total. The quantitative estimate of drug-likeness (QED) is 0.228. The molecule has 1 heterocycles. The fourth-order valence-corrected chi connectivity index (χ4v) is 3.63. The second kappa shape index (κ2) is 9.87. The van der Waals surface area contributed by atoms with Gasteiger partial charge >= 0.3 is 10.1 Å². The number of ether oxygens (including phenoxy) is 1. The third-order valence-corrected chi connectivity index (χ3v) is 5.59. The number of methoxy groups -OCH3 is 1. The van der Waals surface area contributed by atoms with Gasteiger partial charge < -0.3 is 8.92 Å². The Morgan fingerprint density at radius 3 is 2.64 bits per heavy atom. The van der Waals surface area contributed by atoms with Crippen LogP contribution >= 0.6 is 0 Å². The molecule has 11 nitrogen and oxygen atoms in total. The van der Waals surface area contributed by atoms with Crippen molar-refractivity contribution in [2.45, 2.75) is 11.8 Å². The Labute approximate surface area is 189 Å². The summed E-state index contributed by atoms with van der Waals surface area (Å²) in [4.78, 5) is 25.9. The van der Waals surface area contributed by atoms with Crippen LogP contribution in [0.1, 0.15) is 21.5 Å². The van der Waals surface area contributed by atoms with Crippen molar-refractivity contribution in [1.29, 1.82) is 0 Å². The lowest BCUT2D eigenvalue weighted by atomic mass is 10.2. The van der Waals surface area contributed by atoms with E-state index in [0.717, 1.165) is 6.07 Å². The van der Waals surface area contributed by atoms with Crippen LogP contribution in [0.3, 0.4) is 0 Å². The van der Waals surface area contributed by atoms with Crippen molar-refractivity contribution in [1.82, 2.24) is 10.4 Å². The average Bonchev–Trinajstić information content (AvgIpc) is 2.80. The summed E-state index contributed by atoms with van der Waals surface area (Å²) in [5.74, 6) is -0.510. The number of nitrogens with zero attached hydrogens (tertiary/aromatic N) is 3. The molecule has 0 saturated carbocycles. The van der Waals surface area contributed by atoms with E-state index in [0.29, 0.717) is 16.7 Å². The second-order valence-corrected chi connectivity index (χ2v) is 8.14. The second-order valence-electron chi connectivity index (χ2n) is 6.59. The number of benzene rings is 2. The van der Waals surface area contributed by atoms with Crippen LogP contribution in [0.4, 0.5) is 5.69 Å². The molecule has 0 spiro atoms. The molecular formula is C21H18N4O7S. The van der Waals surface area contributed by atoms with E-state index in [-0.39, 0.29) is 22.1 Å². The van der Waals surface area contributed by atoms with Crippen LogP contribution in [0, 0.1) is 17.0 Å². The fourth-order valence-electron chi connectivity index (χ4n) is 2.67. The minimum atomic E-state index is -4.37. The minimum absolute atomic E-state index is 0.0720. The van der Waals surface area contributed by atoms with Gasteiger partial charge in [0, 0.05) is 24.0 Å². The third kappa shape index (κ3) is 5.68. The number of hydrogen-bond acceptors (Lipinski definition) is 9. The Morgan fingerprint density at radius 2 is 1.97 bits per heavy atom. The molecule has 0 bridgehead atoms. The van der Waals surface area contributed by atoms with Gasteiger partial charge in [-0.3, -0.25) is 19.9 Å². The summed E-state index contributed by atoms with van der Waals surface area (Å²) in [6.07, 6.45) is 4.26. The molecule has 1 aromatic heterocycles. The van der Waals surface area contributed by atoms with Crippen LogP contribution in [-0.4, -0.2) is 37.6 Å². The summed E-state index contributed by atoms with van der Waals surface area (Å²) in [6, 6.07) is 10.9. The predicted molar refractivity (Wildman–Crippen MR) is 118 cm³/mol. The average molecular weight is 470 g/mol.